The third kappa shape index (κ3) is 5.16. The Hall–Kier alpha value is -3.22. The quantitative estimate of drug-likeness (QED) is 0.851. The van der Waals surface area contributed by atoms with E-state index in [0.717, 1.165) is 38.8 Å². The molecule has 0 saturated carbocycles. The van der Waals surface area contributed by atoms with Gasteiger partial charge in [0.05, 0.1) is 0 Å². The minimum absolute atomic E-state index is 0.129. The Morgan fingerprint density at radius 1 is 0.893 bits per heavy atom. The maximum Gasteiger partial charge on any atom is 0.272 e. The summed E-state index contributed by atoms with van der Waals surface area (Å²) in [4.78, 5) is 42.3. The number of hydrogen-bond donors (Lipinski definition) is 2. The van der Waals surface area contributed by atoms with Crippen molar-refractivity contribution in [1.29, 1.82) is 0 Å². The van der Waals surface area contributed by atoms with Crippen LogP contribution in [-0.4, -0.2) is 40.7 Å². The molecule has 7 nitrogen and oxygen atoms in total. The van der Waals surface area contributed by atoms with Crippen molar-refractivity contribution in [2.45, 2.75) is 32.6 Å². The molecule has 1 fully saturated rings. The molecule has 0 radical (unpaired) electrons. The van der Waals surface area contributed by atoms with Crippen LogP contribution in [0.5, 0.6) is 0 Å². The van der Waals surface area contributed by atoms with E-state index in [2.05, 4.69) is 15.6 Å². The van der Waals surface area contributed by atoms with E-state index < -0.39 is 0 Å². The topological polar surface area (TPSA) is 91.4 Å². The molecule has 0 spiro atoms. The van der Waals surface area contributed by atoms with Gasteiger partial charge in [-0.2, -0.15) is 0 Å². The predicted molar refractivity (Wildman–Crippen MR) is 107 cm³/mol. The fraction of sp³-hybridized carbons (Fsp3) is 0.333. The number of aromatic nitrogens is 1. The van der Waals surface area contributed by atoms with Crippen molar-refractivity contribution in [2.24, 2.45) is 0 Å². The smallest absolute Gasteiger partial charge is 0.272 e. The lowest BCUT2D eigenvalue weighted by Gasteiger charge is -2.19. The number of rotatable bonds is 4. The van der Waals surface area contributed by atoms with Gasteiger partial charge in [0.1, 0.15) is 5.69 Å². The molecule has 0 bridgehead atoms. The standard InChI is InChI=1S/C21H24N4O3/c1-15(26)23-17-6-8-18(9-7-17)24-20(27)16-10-11-22-19(14-16)21(28)25-12-4-2-3-5-13-25/h6-11,14H,2-5,12-13H2,1H3,(H,23,26)(H,24,27). The van der Waals surface area contributed by atoms with Gasteiger partial charge in [0, 0.05) is 43.1 Å². The highest BCUT2D eigenvalue weighted by Crippen LogP contribution is 2.16. The number of carbonyl (C=O) groups is 3. The van der Waals surface area contributed by atoms with E-state index in [0.29, 0.717) is 16.9 Å². The number of hydrogen-bond acceptors (Lipinski definition) is 4. The van der Waals surface area contributed by atoms with Crippen LogP contribution in [0, 0.1) is 0 Å². The normalized spacial score (nSPS) is 14.1. The first-order valence-electron chi connectivity index (χ1n) is 9.47. The molecule has 1 aromatic heterocycles. The molecule has 1 aliphatic rings. The van der Waals surface area contributed by atoms with Crippen molar-refractivity contribution in [3.05, 3.63) is 53.9 Å². The minimum Gasteiger partial charge on any atom is -0.337 e. The summed E-state index contributed by atoms with van der Waals surface area (Å²) in [5.41, 5.74) is 1.91. The second-order valence-electron chi connectivity index (χ2n) is 6.85. The van der Waals surface area contributed by atoms with Gasteiger partial charge in [0.15, 0.2) is 0 Å². The van der Waals surface area contributed by atoms with Crippen LogP contribution in [0.1, 0.15) is 53.5 Å². The summed E-state index contributed by atoms with van der Waals surface area (Å²) in [7, 11) is 0. The summed E-state index contributed by atoms with van der Waals surface area (Å²) in [5.74, 6) is -0.606. The van der Waals surface area contributed by atoms with Crippen molar-refractivity contribution in [3.63, 3.8) is 0 Å². The van der Waals surface area contributed by atoms with Crippen molar-refractivity contribution < 1.29 is 14.4 Å². The Morgan fingerprint density at radius 3 is 2.11 bits per heavy atom. The monoisotopic (exact) mass is 380 g/mol. The van der Waals surface area contributed by atoms with Gasteiger partial charge in [-0.25, -0.2) is 0 Å². The minimum atomic E-state index is -0.320. The average molecular weight is 380 g/mol. The SMILES string of the molecule is CC(=O)Nc1ccc(NC(=O)c2ccnc(C(=O)N3CCCCCC3)c2)cc1. The largest absolute Gasteiger partial charge is 0.337 e. The molecule has 2 heterocycles. The molecular formula is C21H24N4O3. The number of nitrogens with one attached hydrogen (secondary N) is 2. The zero-order chi connectivity index (χ0) is 19.9. The molecule has 2 aromatic rings. The second-order valence-corrected chi connectivity index (χ2v) is 6.85. The van der Waals surface area contributed by atoms with Crippen LogP contribution in [0.3, 0.4) is 0 Å². The maximum absolute atomic E-state index is 12.7. The predicted octanol–water partition coefficient (Wildman–Crippen LogP) is 3.31. The number of carbonyl (C=O) groups excluding carboxylic acids is 3. The van der Waals surface area contributed by atoms with Crippen LogP contribution in [0.2, 0.25) is 0 Å². The molecule has 1 aromatic carbocycles. The van der Waals surface area contributed by atoms with Gasteiger partial charge in [-0.15, -0.1) is 0 Å². The van der Waals surface area contributed by atoms with Gasteiger partial charge in [0.25, 0.3) is 11.8 Å². The molecule has 146 valence electrons. The third-order valence-electron chi connectivity index (χ3n) is 4.60. The number of nitrogens with zero attached hydrogens (tertiary/aromatic N) is 2. The van der Waals surface area contributed by atoms with Crippen molar-refractivity contribution in [3.8, 4) is 0 Å². The number of pyridine rings is 1. The van der Waals surface area contributed by atoms with Crippen molar-refractivity contribution in [2.75, 3.05) is 23.7 Å². The summed E-state index contributed by atoms with van der Waals surface area (Å²) in [6, 6.07) is 9.94. The first kappa shape index (κ1) is 19.5. The lowest BCUT2D eigenvalue weighted by Crippen LogP contribution is -2.32. The highest BCUT2D eigenvalue weighted by Gasteiger charge is 2.19. The van der Waals surface area contributed by atoms with E-state index in [1.807, 2.05) is 4.90 Å². The van der Waals surface area contributed by atoms with Gasteiger partial charge in [0.2, 0.25) is 5.91 Å². The van der Waals surface area contributed by atoms with Crippen molar-refractivity contribution in [1.82, 2.24) is 9.88 Å². The molecule has 7 heteroatoms. The Balaban J connectivity index is 1.68. The molecule has 28 heavy (non-hydrogen) atoms. The molecule has 0 unspecified atom stereocenters. The lowest BCUT2D eigenvalue weighted by atomic mass is 10.2. The fourth-order valence-electron chi connectivity index (χ4n) is 3.17. The molecule has 3 amide bonds. The molecule has 2 N–H and O–H groups in total. The molecule has 3 rings (SSSR count). The number of likely N-dealkylation sites (tertiary alicyclic amines) is 1. The highest BCUT2D eigenvalue weighted by atomic mass is 16.2. The van der Waals surface area contributed by atoms with Crippen LogP contribution in [-0.2, 0) is 4.79 Å². The van der Waals surface area contributed by atoms with Crippen LogP contribution in [0.25, 0.3) is 0 Å². The summed E-state index contributed by atoms with van der Waals surface area (Å²) >= 11 is 0. The number of amides is 3. The highest BCUT2D eigenvalue weighted by molar-refractivity contribution is 6.05. The Bertz CT molecular complexity index is 856. The van der Waals surface area contributed by atoms with E-state index in [1.165, 1.54) is 19.2 Å². The molecule has 1 saturated heterocycles. The van der Waals surface area contributed by atoms with Gasteiger partial charge in [-0.05, 0) is 49.2 Å². The van der Waals surface area contributed by atoms with Gasteiger partial charge in [-0.3, -0.25) is 19.4 Å². The van der Waals surface area contributed by atoms with Crippen LogP contribution < -0.4 is 10.6 Å². The molecule has 0 atom stereocenters. The third-order valence-corrected chi connectivity index (χ3v) is 4.60. The Labute approximate surface area is 164 Å². The molecular weight excluding hydrogens is 356 g/mol. The van der Waals surface area contributed by atoms with E-state index in [4.69, 9.17) is 0 Å². The molecule has 0 aliphatic carbocycles. The van der Waals surface area contributed by atoms with Crippen LogP contribution in [0.15, 0.2) is 42.6 Å². The summed E-state index contributed by atoms with van der Waals surface area (Å²) in [5, 5.41) is 5.46. The summed E-state index contributed by atoms with van der Waals surface area (Å²) in [6.45, 7) is 2.90. The van der Waals surface area contributed by atoms with Crippen LogP contribution >= 0.6 is 0 Å². The summed E-state index contributed by atoms with van der Waals surface area (Å²) in [6.07, 6.45) is 5.77. The van der Waals surface area contributed by atoms with E-state index in [-0.39, 0.29) is 23.4 Å². The average Bonchev–Trinajstić information content (AvgIpc) is 2.98. The first-order chi connectivity index (χ1) is 13.5. The van der Waals surface area contributed by atoms with Gasteiger partial charge >= 0.3 is 0 Å². The maximum atomic E-state index is 12.7. The molecule has 1 aliphatic heterocycles. The number of anilines is 2. The van der Waals surface area contributed by atoms with Crippen molar-refractivity contribution >= 4 is 29.1 Å². The fourth-order valence-corrected chi connectivity index (χ4v) is 3.17. The van der Waals surface area contributed by atoms with E-state index in [1.54, 1.807) is 30.3 Å². The lowest BCUT2D eigenvalue weighted by molar-refractivity contribution is -0.114. The first-order valence-corrected chi connectivity index (χ1v) is 9.47. The van der Waals surface area contributed by atoms with Gasteiger partial charge in [-0.1, -0.05) is 12.8 Å². The Morgan fingerprint density at radius 2 is 1.50 bits per heavy atom. The Kier molecular flexibility index (Phi) is 6.37. The van der Waals surface area contributed by atoms with Gasteiger partial charge < -0.3 is 15.5 Å². The van der Waals surface area contributed by atoms with E-state index >= 15 is 0 Å². The second kappa shape index (κ2) is 9.12. The zero-order valence-electron chi connectivity index (χ0n) is 15.9. The van der Waals surface area contributed by atoms with Crippen LogP contribution in [0.4, 0.5) is 11.4 Å². The van der Waals surface area contributed by atoms with E-state index in [9.17, 15) is 14.4 Å². The summed E-state index contributed by atoms with van der Waals surface area (Å²) < 4.78 is 0. The zero-order valence-corrected chi connectivity index (χ0v) is 15.9. The number of benzene rings is 1.